The van der Waals surface area contributed by atoms with Gasteiger partial charge in [-0.05, 0) is 118 Å². The number of carboxylic acids is 1. The van der Waals surface area contributed by atoms with E-state index in [0.29, 0.717) is 38.5 Å². The maximum atomic E-state index is 14.7. The summed E-state index contributed by atoms with van der Waals surface area (Å²) >= 11 is 0. The number of fused-ring (bicyclic) bond motifs is 7. The van der Waals surface area contributed by atoms with Crippen molar-refractivity contribution in [2.75, 3.05) is 0 Å². The third-order valence-electron chi connectivity index (χ3n) is 14.6. The van der Waals surface area contributed by atoms with Gasteiger partial charge in [0, 0.05) is 12.8 Å². The molecule has 47 heavy (non-hydrogen) atoms. The van der Waals surface area contributed by atoms with Gasteiger partial charge in [0.1, 0.15) is 11.5 Å². The molecule has 0 amide bonds. The first-order chi connectivity index (χ1) is 21.7. The fourth-order valence-electron chi connectivity index (χ4n) is 11.5. The van der Waals surface area contributed by atoms with Gasteiger partial charge in [-0.2, -0.15) is 0 Å². The molecular weight excluding hydrogens is 604 g/mol. The maximum absolute atomic E-state index is 14.7. The van der Waals surface area contributed by atoms with E-state index in [1.54, 1.807) is 13.8 Å². The molecule has 0 bridgehead atoms. The number of carbonyl (C=O) groups excluding carboxylic acids is 3. The van der Waals surface area contributed by atoms with Crippen molar-refractivity contribution in [1.29, 1.82) is 0 Å². The number of carboxylic acid groups (broad SMARTS) is 1. The molecule has 10 nitrogen and oxygen atoms in total. The number of esters is 2. The van der Waals surface area contributed by atoms with Gasteiger partial charge in [-0.3, -0.25) is 19.2 Å². The minimum absolute atomic E-state index is 0.00901. The second kappa shape index (κ2) is 10.7. The minimum atomic E-state index is -1.26. The Morgan fingerprint density at radius 2 is 1.62 bits per heavy atom. The molecule has 5 aliphatic carbocycles. The SMILES string of the molecule is CC(=O)O[C@H]1CC[C@@]2(C)[C@@H](CC[C@]3(C)[C@@H]2C(=O)C=C2[C@@H]4C[C@@](C)(C(=O)O)CC[C@]4(C)CC[C@]23C)[C@]1(C)C(=O)OCc1oc(=O)oc1C. The lowest BCUT2D eigenvalue weighted by Gasteiger charge is -2.70. The Balaban J connectivity index is 1.40. The lowest BCUT2D eigenvalue weighted by atomic mass is 9.33. The molecule has 1 heterocycles. The molecule has 258 valence electrons. The first-order valence-corrected chi connectivity index (χ1v) is 17.2. The minimum Gasteiger partial charge on any atom is -0.481 e. The zero-order chi connectivity index (χ0) is 34.5. The highest BCUT2D eigenvalue weighted by atomic mass is 16.6. The summed E-state index contributed by atoms with van der Waals surface area (Å²) in [4.78, 5) is 65.3. The molecule has 0 aliphatic heterocycles. The number of aliphatic carboxylic acids is 1. The average Bonchev–Trinajstić information content (AvgIpc) is 3.31. The number of allylic oxidation sites excluding steroid dienone is 2. The van der Waals surface area contributed by atoms with Crippen LogP contribution in [0.2, 0.25) is 0 Å². The fraction of sp³-hybridized carbons (Fsp3) is 0.757. The summed E-state index contributed by atoms with van der Waals surface area (Å²) in [5.41, 5.74) is -2.38. The molecule has 1 aromatic rings. The monoisotopic (exact) mass is 654 g/mol. The predicted octanol–water partition coefficient (Wildman–Crippen LogP) is 6.56. The van der Waals surface area contributed by atoms with Crippen LogP contribution in [0.25, 0.3) is 0 Å². The lowest BCUT2D eigenvalue weighted by Crippen LogP contribution is -2.68. The van der Waals surface area contributed by atoms with E-state index < -0.39 is 51.5 Å². The number of aryl methyl sites for hydroxylation is 1. The van der Waals surface area contributed by atoms with Crippen LogP contribution >= 0.6 is 0 Å². The summed E-state index contributed by atoms with van der Waals surface area (Å²) in [6.07, 6.45) is 7.30. The van der Waals surface area contributed by atoms with E-state index in [0.717, 1.165) is 24.8 Å². The Bertz CT molecular complexity index is 1620. The number of rotatable bonds is 5. The summed E-state index contributed by atoms with van der Waals surface area (Å²) in [5, 5.41) is 10.2. The van der Waals surface area contributed by atoms with Crippen LogP contribution in [0, 0.1) is 57.2 Å². The molecule has 0 saturated heterocycles. The third-order valence-corrected chi connectivity index (χ3v) is 14.6. The molecule has 0 radical (unpaired) electrons. The van der Waals surface area contributed by atoms with Gasteiger partial charge in [0.2, 0.25) is 0 Å². The van der Waals surface area contributed by atoms with Crippen molar-refractivity contribution in [2.24, 2.45) is 50.2 Å². The van der Waals surface area contributed by atoms with Crippen molar-refractivity contribution >= 4 is 23.7 Å². The molecule has 6 rings (SSSR count). The Kier molecular flexibility index (Phi) is 7.65. The summed E-state index contributed by atoms with van der Waals surface area (Å²) in [6.45, 7) is 15.2. The molecule has 4 saturated carbocycles. The largest absolute Gasteiger partial charge is 0.519 e. The van der Waals surface area contributed by atoms with E-state index in [1.807, 2.05) is 13.0 Å². The van der Waals surface area contributed by atoms with Crippen LogP contribution in [0.5, 0.6) is 0 Å². The van der Waals surface area contributed by atoms with E-state index in [2.05, 4.69) is 27.7 Å². The Morgan fingerprint density at radius 3 is 2.23 bits per heavy atom. The number of hydrogen-bond acceptors (Lipinski definition) is 9. The van der Waals surface area contributed by atoms with E-state index >= 15 is 0 Å². The van der Waals surface area contributed by atoms with Crippen LogP contribution in [0.3, 0.4) is 0 Å². The van der Waals surface area contributed by atoms with Crippen molar-refractivity contribution in [3.05, 3.63) is 33.8 Å². The molecule has 0 spiro atoms. The lowest BCUT2D eigenvalue weighted by molar-refractivity contribution is -0.224. The molecule has 10 atom stereocenters. The van der Waals surface area contributed by atoms with E-state index in [9.17, 15) is 29.1 Å². The van der Waals surface area contributed by atoms with Crippen molar-refractivity contribution in [3.8, 4) is 0 Å². The molecule has 1 N–H and O–H groups in total. The molecule has 0 unspecified atom stereocenters. The summed E-state index contributed by atoms with van der Waals surface area (Å²) in [6, 6.07) is 0. The fourth-order valence-corrected chi connectivity index (χ4v) is 11.5. The van der Waals surface area contributed by atoms with Crippen LogP contribution in [0.4, 0.5) is 0 Å². The van der Waals surface area contributed by atoms with Gasteiger partial charge in [-0.15, -0.1) is 0 Å². The Labute approximate surface area is 276 Å². The van der Waals surface area contributed by atoms with Gasteiger partial charge >= 0.3 is 23.7 Å². The molecule has 0 aromatic carbocycles. The van der Waals surface area contributed by atoms with Crippen molar-refractivity contribution in [2.45, 2.75) is 126 Å². The second-order valence-corrected chi connectivity index (χ2v) is 17.0. The van der Waals surface area contributed by atoms with E-state index in [1.165, 1.54) is 6.92 Å². The molecule has 4 fully saturated rings. The first kappa shape index (κ1) is 33.7. The van der Waals surface area contributed by atoms with E-state index in [-0.39, 0.29) is 52.5 Å². The van der Waals surface area contributed by atoms with Gasteiger partial charge in [0.05, 0.1) is 5.41 Å². The predicted molar refractivity (Wildman–Crippen MR) is 169 cm³/mol. The van der Waals surface area contributed by atoms with Gasteiger partial charge in [-0.1, -0.05) is 33.3 Å². The summed E-state index contributed by atoms with van der Waals surface area (Å²) < 4.78 is 21.6. The zero-order valence-electron chi connectivity index (χ0n) is 29.1. The highest BCUT2D eigenvalue weighted by Gasteiger charge is 2.72. The highest BCUT2D eigenvalue weighted by molar-refractivity contribution is 5.96. The van der Waals surface area contributed by atoms with Crippen molar-refractivity contribution in [1.82, 2.24) is 0 Å². The van der Waals surface area contributed by atoms with Crippen LogP contribution in [0.15, 0.2) is 25.3 Å². The van der Waals surface area contributed by atoms with Gasteiger partial charge < -0.3 is 23.4 Å². The standard InChI is InChI=1S/C37H50O10/c1-20-25(47-31(43)45-20)19-44-30(42)37(8)26-9-12-36(7)28(34(26,5)11-10-27(37)46-21(2)38)24(39)17-22-23-18-33(4,29(40)41)14-13-32(23,3)15-16-35(22,36)6/h17,23,26-28H,9-16,18-19H2,1-8H3,(H,40,41)/t23-,26+,27-,28+,32+,33-,34-,35+,36+,37-/m0/s1. The van der Waals surface area contributed by atoms with Crippen LogP contribution in [-0.2, 0) is 35.3 Å². The Hall–Kier alpha value is -3.17. The average molecular weight is 655 g/mol. The smallest absolute Gasteiger partial charge is 0.481 e. The summed E-state index contributed by atoms with van der Waals surface area (Å²) in [7, 11) is 0. The topological polar surface area (TPSA) is 150 Å². The maximum Gasteiger partial charge on any atom is 0.519 e. The number of carbonyl (C=O) groups is 4. The van der Waals surface area contributed by atoms with Gasteiger partial charge in [0.25, 0.3) is 0 Å². The first-order valence-electron chi connectivity index (χ1n) is 17.2. The quantitative estimate of drug-likeness (QED) is 0.346. The third kappa shape index (κ3) is 4.66. The zero-order valence-corrected chi connectivity index (χ0v) is 29.1. The number of ketones is 1. The molecule has 5 aliphatic rings. The molecule has 10 heteroatoms. The van der Waals surface area contributed by atoms with Crippen molar-refractivity contribution in [3.63, 3.8) is 0 Å². The van der Waals surface area contributed by atoms with Crippen molar-refractivity contribution < 1.29 is 42.6 Å². The Morgan fingerprint density at radius 1 is 0.936 bits per heavy atom. The highest BCUT2D eigenvalue weighted by Crippen LogP contribution is 2.75. The molecule has 1 aromatic heterocycles. The summed E-state index contributed by atoms with van der Waals surface area (Å²) in [5.74, 6) is -3.03. The van der Waals surface area contributed by atoms with Crippen LogP contribution in [0.1, 0.15) is 118 Å². The van der Waals surface area contributed by atoms with Gasteiger partial charge in [0.15, 0.2) is 23.9 Å². The van der Waals surface area contributed by atoms with Crippen LogP contribution in [-0.4, -0.2) is 34.9 Å². The molecular formula is C37H50O10. The van der Waals surface area contributed by atoms with Gasteiger partial charge in [-0.25, -0.2) is 4.79 Å². The number of hydrogen-bond donors (Lipinski definition) is 1. The van der Waals surface area contributed by atoms with Crippen LogP contribution < -0.4 is 5.82 Å². The number of ether oxygens (including phenoxy) is 2. The normalized spacial score (nSPS) is 44.2. The second-order valence-electron chi connectivity index (χ2n) is 17.0. The van der Waals surface area contributed by atoms with E-state index in [4.69, 9.17) is 18.3 Å².